The molecule has 0 aliphatic carbocycles. The number of rotatable bonds is 2. The Balaban J connectivity index is 2.94. The lowest BCUT2D eigenvalue weighted by atomic mass is 10.3. The highest BCUT2D eigenvalue weighted by molar-refractivity contribution is 9.11. The molecule has 0 fully saturated rings. The molecule has 1 aromatic heterocycles. The number of hydrogen-bond acceptors (Lipinski definition) is 4. The van der Waals surface area contributed by atoms with Crippen molar-refractivity contribution >= 4 is 39.0 Å². The van der Waals surface area contributed by atoms with Crippen molar-refractivity contribution in [2.45, 2.75) is 0 Å². The van der Waals surface area contributed by atoms with Crippen LogP contribution in [0.1, 0.15) is 9.67 Å². The van der Waals surface area contributed by atoms with E-state index in [-0.39, 0.29) is 4.88 Å². The van der Waals surface area contributed by atoms with Gasteiger partial charge in [-0.3, -0.25) is 4.79 Å². The van der Waals surface area contributed by atoms with Crippen molar-refractivity contribution in [1.82, 2.24) is 0 Å². The number of carbonyl (C=O) groups excluding carboxylic acids is 2. The van der Waals surface area contributed by atoms with Gasteiger partial charge in [-0.25, -0.2) is 0 Å². The van der Waals surface area contributed by atoms with E-state index in [0.29, 0.717) is 0 Å². The van der Waals surface area contributed by atoms with Gasteiger partial charge < -0.3 is 9.90 Å². The van der Waals surface area contributed by atoms with Crippen LogP contribution in [0.25, 0.3) is 0 Å². The third kappa shape index (κ3) is 1.87. The van der Waals surface area contributed by atoms with Crippen LogP contribution in [0.15, 0.2) is 15.9 Å². The summed E-state index contributed by atoms with van der Waals surface area (Å²) < 4.78 is 0.724. The second-order valence-electron chi connectivity index (χ2n) is 1.72. The standard InChI is InChI=1S/C6H3BrO3S/c7-4-2-1-3(11-4)5(8)6(9)10/h1-2H,(H,9,10)/p-1. The first-order valence-corrected chi connectivity index (χ1v) is 4.23. The van der Waals surface area contributed by atoms with E-state index in [1.54, 1.807) is 6.07 Å². The number of Topliss-reactive ketones (excluding diaryl/α,β-unsaturated/α-hetero) is 1. The smallest absolute Gasteiger partial charge is 0.218 e. The van der Waals surface area contributed by atoms with Crippen molar-refractivity contribution in [2.75, 3.05) is 0 Å². The van der Waals surface area contributed by atoms with E-state index < -0.39 is 11.8 Å². The molecule has 1 heterocycles. The monoisotopic (exact) mass is 233 g/mol. The van der Waals surface area contributed by atoms with Gasteiger partial charge in [-0.1, -0.05) is 0 Å². The van der Waals surface area contributed by atoms with Crippen LogP contribution in [-0.4, -0.2) is 11.8 Å². The molecular weight excluding hydrogens is 232 g/mol. The zero-order valence-corrected chi connectivity index (χ0v) is 7.57. The summed E-state index contributed by atoms with van der Waals surface area (Å²) in [5.41, 5.74) is 0. The van der Waals surface area contributed by atoms with Crippen molar-refractivity contribution in [1.29, 1.82) is 0 Å². The van der Waals surface area contributed by atoms with Gasteiger partial charge in [0, 0.05) is 0 Å². The number of hydrogen-bond donors (Lipinski definition) is 0. The van der Waals surface area contributed by atoms with Gasteiger partial charge in [0.15, 0.2) is 0 Å². The predicted molar refractivity (Wildman–Crippen MR) is 41.4 cm³/mol. The van der Waals surface area contributed by atoms with E-state index in [2.05, 4.69) is 15.9 Å². The number of thiophene rings is 1. The fraction of sp³-hybridized carbons (Fsp3) is 0. The van der Waals surface area contributed by atoms with Crippen LogP contribution in [0.3, 0.4) is 0 Å². The summed E-state index contributed by atoms with van der Waals surface area (Å²) in [6.45, 7) is 0. The Bertz CT molecular complexity index is 305. The quantitative estimate of drug-likeness (QED) is 0.551. The number of halogens is 1. The Hall–Kier alpha value is -0.680. The van der Waals surface area contributed by atoms with Crippen LogP contribution in [0.4, 0.5) is 0 Å². The molecule has 0 spiro atoms. The zero-order valence-electron chi connectivity index (χ0n) is 5.17. The number of aliphatic carboxylic acids is 1. The molecule has 58 valence electrons. The molecule has 0 N–H and O–H groups in total. The summed E-state index contributed by atoms with van der Waals surface area (Å²) in [5, 5.41) is 10.0. The average Bonchev–Trinajstić information content (AvgIpc) is 2.34. The zero-order chi connectivity index (χ0) is 8.43. The van der Waals surface area contributed by atoms with Gasteiger partial charge >= 0.3 is 0 Å². The number of ketones is 1. The molecule has 0 bridgehead atoms. The molecule has 0 unspecified atom stereocenters. The van der Waals surface area contributed by atoms with Gasteiger partial charge in [0.25, 0.3) is 0 Å². The van der Waals surface area contributed by atoms with E-state index in [1.165, 1.54) is 6.07 Å². The van der Waals surface area contributed by atoms with Crippen LogP contribution in [-0.2, 0) is 4.79 Å². The number of carboxylic acids is 1. The molecule has 0 radical (unpaired) electrons. The van der Waals surface area contributed by atoms with Gasteiger partial charge in [-0.05, 0) is 28.1 Å². The average molecular weight is 234 g/mol. The largest absolute Gasteiger partial charge is 0.541 e. The number of carbonyl (C=O) groups is 2. The van der Waals surface area contributed by atoms with Gasteiger partial charge in [-0.15, -0.1) is 11.3 Å². The Labute approximate surface area is 74.8 Å². The van der Waals surface area contributed by atoms with E-state index in [1.807, 2.05) is 0 Å². The maximum absolute atomic E-state index is 10.7. The van der Waals surface area contributed by atoms with Gasteiger partial charge in [0.2, 0.25) is 5.78 Å². The van der Waals surface area contributed by atoms with E-state index in [9.17, 15) is 14.7 Å². The Kier molecular flexibility index (Phi) is 2.41. The highest BCUT2D eigenvalue weighted by Gasteiger charge is 2.08. The van der Waals surface area contributed by atoms with Gasteiger partial charge in [0.1, 0.15) is 5.97 Å². The minimum atomic E-state index is -1.67. The lowest BCUT2D eigenvalue weighted by Crippen LogP contribution is -2.30. The third-order valence-corrected chi connectivity index (χ3v) is 2.60. The Morgan fingerprint density at radius 1 is 1.45 bits per heavy atom. The van der Waals surface area contributed by atoms with E-state index >= 15 is 0 Å². The molecule has 0 amide bonds. The van der Waals surface area contributed by atoms with Gasteiger partial charge in [0.05, 0.1) is 8.66 Å². The molecule has 0 aliphatic rings. The van der Waals surface area contributed by atoms with Crippen molar-refractivity contribution in [3.8, 4) is 0 Å². The van der Waals surface area contributed by atoms with Crippen LogP contribution in [0, 0.1) is 0 Å². The normalized spacial score (nSPS) is 9.55. The first-order chi connectivity index (χ1) is 5.11. The third-order valence-electron chi connectivity index (χ3n) is 0.982. The molecule has 1 rings (SSSR count). The summed E-state index contributed by atoms with van der Waals surface area (Å²) in [5.74, 6) is -2.64. The predicted octanol–water partition coefficient (Wildman–Crippen LogP) is 0.443. The maximum Gasteiger partial charge on any atom is 0.218 e. The second-order valence-corrected chi connectivity index (χ2v) is 4.18. The van der Waals surface area contributed by atoms with Gasteiger partial charge in [-0.2, -0.15) is 0 Å². The highest BCUT2D eigenvalue weighted by Crippen LogP contribution is 2.21. The molecule has 11 heavy (non-hydrogen) atoms. The Morgan fingerprint density at radius 3 is 2.45 bits per heavy atom. The van der Waals surface area contributed by atoms with Crippen molar-refractivity contribution in [2.24, 2.45) is 0 Å². The molecule has 0 atom stereocenters. The molecule has 0 aromatic carbocycles. The second kappa shape index (κ2) is 3.15. The molecule has 0 saturated carbocycles. The summed E-state index contributed by atoms with van der Waals surface area (Å²) in [7, 11) is 0. The SMILES string of the molecule is O=C([O-])C(=O)c1ccc(Br)s1. The molecule has 5 heteroatoms. The summed E-state index contributed by atoms with van der Waals surface area (Å²) in [6.07, 6.45) is 0. The minimum absolute atomic E-state index is 0.178. The lowest BCUT2D eigenvalue weighted by molar-refractivity contribution is -0.296. The first-order valence-electron chi connectivity index (χ1n) is 2.62. The molecular formula is C6H2BrO3S-. The topological polar surface area (TPSA) is 57.2 Å². The molecule has 0 saturated heterocycles. The summed E-state index contributed by atoms with van der Waals surface area (Å²) >= 11 is 4.17. The minimum Gasteiger partial charge on any atom is -0.541 e. The molecule has 0 aliphatic heterocycles. The Morgan fingerprint density at radius 2 is 2.09 bits per heavy atom. The van der Waals surface area contributed by atoms with Crippen LogP contribution in [0.5, 0.6) is 0 Å². The van der Waals surface area contributed by atoms with Crippen molar-refractivity contribution in [3.05, 3.63) is 20.8 Å². The van der Waals surface area contributed by atoms with E-state index in [0.717, 1.165) is 15.1 Å². The van der Waals surface area contributed by atoms with Crippen LogP contribution >= 0.6 is 27.3 Å². The van der Waals surface area contributed by atoms with E-state index in [4.69, 9.17) is 0 Å². The fourth-order valence-corrected chi connectivity index (χ4v) is 1.85. The fourth-order valence-electron chi connectivity index (χ4n) is 0.537. The first kappa shape index (κ1) is 8.42. The lowest BCUT2D eigenvalue weighted by Gasteiger charge is -1.94. The summed E-state index contributed by atoms with van der Waals surface area (Å²) in [6, 6.07) is 3.05. The molecule has 3 nitrogen and oxygen atoms in total. The van der Waals surface area contributed by atoms with Crippen LogP contribution < -0.4 is 5.11 Å². The number of carboxylic acid groups (broad SMARTS) is 1. The van der Waals surface area contributed by atoms with Crippen LogP contribution in [0.2, 0.25) is 0 Å². The highest BCUT2D eigenvalue weighted by atomic mass is 79.9. The maximum atomic E-state index is 10.7. The van der Waals surface area contributed by atoms with Crippen molar-refractivity contribution < 1.29 is 14.7 Å². The molecule has 1 aromatic rings. The summed E-state index contributed by atoms with van der Waals surface area (Å²) in [4.78, 5) is 20.9. The van der Waals surface area contributed by atoms with Crippen molar-refractivity contribution in [3.63, 3.8) is 0 Å².